The number of Topliss-reactive ketones (excluding diaryl/α,β-unsaturated/α-hetero) is 1. The van der Waals surface area contributed by atoms with Gasteiger partial charge in [0.05, 0.1) is 12.7 Å². The number of rotatable bonds is 4. The van der Waals surface area contributed by atoms with Crippen LogP contribution in [0.2, 0.25) is 0 Å². The Morgan fingerprint density at radius 2 is 2.06 bits per heavy atom. The molecule has 1 aliphatic rings. The molecule has 18 heavy (non-hydrogen) atoms. The molecule has 3 heteroatoms. The molecule has 2 nitrogen and oxygen atoms in total. The van der Waals surface area contributed by atoms with Gasteiger partial charge in [-0.1, -0.05) is 48.0 Å². The minimum Gasteiger partial charge on any atom is -0.496 e. The molecule has 1 fully saturated rings. The summed E-state index contributed by atoms with van der Waals surface area (Å²) in [6.45, 7) is 0. The van der Waals surface area contributed by atoms with E-state index in [0.29, 0.717) is 23.7 Å². The van der Waals surface area contributed by atoms with Gasteiger partial charge in [-0.15, -0.1) is 0 Å². The van der Waals surface area contributed by atoms with Crippen LogP contribution < -0.4 is 4.74 Å². The first-order chi connectivity index (χ1) is 8.70. The number of benzene rings is 1. The summed E-state index contributed by atoms with van der Waals surface area (Å²) in [4.78, 5) is 12.3. The summed E-state index contributed by atoms with van der Waals surface area (Å²) in [5.74, 6) is 1.45. The maximum absolute atomic E-state index is 12.3. The van der Waals surface area contributed by atoms with Crippen molar-refractivity contribution in [3.8, 4) is 5.75 Å². The fourth-order valence-electron chi connectivity index (χ4n) is 2.66. The first-order valence-electron chi connectivity index (χ1n) is 6.57. The number of ketones is 1. The molecule has 0 heterocycles. The molecular formula is C15H19BrO2. The van der Waals surface area contributed by atoms with Crippen molar-refractivity contribution >= 4 is 21.7 Å². The van der Waals surface area contributed by atoms with Crippen molar-refractivity contribution in [3.05, 3.63) is 28.2 Å². The predicted molar refractivity (Wildman–Crippen MR) is 76.2 cm³/mol. The number of hydrogen-bond acceptors (Lipinski definition) is 2. The first-order valence-corrected chi connectivity index (χ1v) is 7.36. The first kappa shape index (κ1) is 13.6. The van der Waals surface area contributed by atoms with E-state index in [1.807, 2.05) is 18.2 Å². The van der Waals surface area contributed by atoms with Crippen LogP contribution in [0, 0.1) is 5.92 Å². The van der Waals surface area contributed by atoms with Crippen molar-refractivity contribution in [1.29, 1.82) is 0 Å². The van der Waals surface area contributed by atoms with E-state index in [-0.39, 0.29) is 5.78 Å². The molecule has 0 unspecified atom stereocenters. The van der Waals surface area contributed by atoms with Crippen LogP contribution in [-0.2, 0) is 0 Å². The van der Waals surface area contributed by atoms with Gasteiger partial charge in [0.1, 0.15) is 5.75 Å². The maximum atomic E-state index is 12.3. The van der Waals surface area contributed by atoms with E-state index in [2.05, 4.69) is 15.9 Å². The molecule has 98 valence electrons. The number of carbonyl (C=O) groups excluding carboxylic acids is 1. The summed E-state index contributed by atoms with van der Waals surface area (Å²) in [6, 6.07) is 5.61. The van der Waals surface area contributed by atoms with Crippen LogP contribution in [0.4, 0.5) is 0 Å². The minimum absolute atomic E-state index is 0.214. The number of hydrogen-bond donors (Lipinski definition) is 0. The zero-order valence-corrected chi connectivity index (χ0v) is 12.3. The number of methoxy groups -OCH3 is 1. The summed E-state index contributed by atoms with van der Waals surface area (Å²) in [5, 5.41) is 0. The van der Waals surface area contributed by atoms with Gasteiger partial charge in [0.2, 0.25) is 0 Å². The van der Waals surface area contributed by atoms with Gasteiger partial charge in [-0.25, -0.2) is 0 Å². The number of halogens is 1. The molecule has 1 saturated carbocycles. The van der Waals surface area contributed by atoms with E-state index in [9.17, 15) is 4.79 Å². The van der Waals surface area contributed by atoms with E-state index >= 15 is 0 Å². The molecule has 0 aliphatic heterocycles. The fourth-order valence-corrected chi connectivity index (χ4v) is 3.00. The Bertz CT molecular complexity index is 423. The van der Waals surface area contributed by atoms with Gasteiger partial charge in [0.25, 0.3) is 0 Å². The predicted octanol–water partition coefficient (Wildman–Crippen LogP) is 4.61. The molecule has 0 aromatic heterocycles. The summed E-state index contributed by atoms with van der Waals surface area (Å²) >= 11 is 3.39. The molecule has 0 saturated heterocycles. The third kappa shape index (κ3) is 3.35. The molecule has 0 radical (unpaired) electrons. The molecule has 0 atom stereocenters. The standard InChI is InChI=1S/C15H19BrO2/c1-18-15-10-12(16)7-8-13(15)14(17)9-11-5-3-2-4-6-11/h7-8,10-11H,2-6,9H2,1H3. The van der Waals surface area contributed by atoms with Crippen molar-refractivity contribution in [2.75, 3.05) is 7.11 Å². The molecule has 0 spiro atoms. The average Bonchev–Trinajstić information content (AvgIpc) is 2.39. The highest BCUT2D eigenvalue weighted by Crippen LogP contribution is 2.30. The van der Waals surface area contributed by atoms with Crippen molar-refractivity contribution in [3.63, 3.8) is 0 Å². The van der Waals surface area contributed by atoms with Crippen LogP contribution in [-0.4, -0.2) is 12.9 Å². The third-order valence-electron chi connectivity index (χ3n) is 3.66. The Morgan fingerprint density at radius 3 is 2.72 bits per heavy atom. The normalized spacial score (nSPS) is 16.6. The highest BCUT2D eigenvalue weighted by atomic mass is 79.9. The SMILES string of the molecule is COc1cc(Br)ccc1C(=O)CC1CCCCC1. The zero-order chi connectivity index (χ0) is 13.0. The van der Waals surface area contributed by atoms with Crippen LogP contribution in [0.3, 0.4) is 0 Å². The summed E-state index contributed by atoms with van der Waals surface area (Å²) in [6.07, 6.45) is 6.93. The lowest BCUT2D eigenvalue weighted by molar-refractivity contribution is 0.0947. The molecule has 1 aromatic rings. The summed E-state index contributed by atoms with van der Waals surface area (Å²) < 4.78 is 6.22. The zero-order valence-electron chi connectivity index (χ0n) is 10.7. The van der Waals surface area contributed by atoms with Crippen LogP contribution in [0.25, 0.3) is 0 Å². The summed E-state index contributed by atoms with van der Waals surface area (Å²) in [7, 11) is 1.61. The molecule has 0 amide bonds. The highest BCUT2D eigenvalue weighted by Gasteiger charge is 2.20. The Balaban J connectivity index is 2.08. The van der Waals surface area contributed by atoms with Gasteiger partial charge < -0.3 is 4.74 Å². The Kier molecular flexibility index (Phi) is 4.81. The summed E-state index contributed by atoms with van der Waals surface area (Å²) in [5.41, 5.74) is 0.714. The lowest BCUT2D eigenvalue weighted by Crippen LogP contribution is -2.13. The quantitative estimate of drug-likeness (QED) is 0.759. The van der Waals surface area contributed by atoms with Gasteiger partial charge in [-0.05, 0) is 24.1 Å². The van der Waals surface area contributed by atoms with Gasteiger partial charge in [0.15, 0.2) is 5.78 Å². The number of ether oxygens (including phenoxy) is 1. The van der Waals surface area contributed by atoms with E-state index in [1.54, 1.807) is 7.11 Å². The number of carbonyl (C=O) groups is 1. The van der Waals surface area contributed by atoms with E-state index < -0.39 is 0 Å². The topological polar surface area (TPSA) is 26.3 Å². The Labute approximate surface area is 117 Å². The third-order valence-corrected chi connectivity index (χ3v) is 4.16. The van der Waals surface area contributed by atoms with Crippen molar-refractivity contribution in [2.24, 2.45) is 5.92 Å². The van der Waals surface area contributed by atoms with Crippen LogP contribution in [0.1, 0.15) is 48.9 Å². The lowest BCUT2D eigenvalue weighted by Gasteiger charge is -2.21. The average molecular weight is 311 g/mol. The Morgan fingerprint density at radius 1 is 1.33 bits per heavy atom. The molecule has 1 aliphatic carbocycles. The largest absolute Gasteiger partial charge is 0.496 e. The van der Waals surface area contributed by atoms with Crippen molar-refractivity contribution in [2.45, 2.75) is 38.5 Å². The minimum atomic E-state index is 0.214. The second-order valence-electron chi connectivity index (χ2n) is 4.98. The van der Waals surface area contributed by atoms with E-state index in [0.717, 1.165) is 4.47 Å². The molecule has 1 aromatic carbocycles. The van der Waals surface area contributed by atoms with Crippen LogP contribution in [0.5, 0.6) is 5.75 Å². The van der Waals surface area contributed by atoms with Gasteiger partial charge in [-0.3, -0.25) is 4.79 Å². The van der Waals surface area contributed by atoms with Gasteiger partial charge in [-0.2, -0.15) is 0 Å². The van der Waals surface area contributed by atoms with Crippen LogP contribution >= 0.6 is 15.9 Å². The van der Waals surface area contributed by atoms with Crippen molar-refractivity contribution in [1.82, 2.24) is 0 Å². The second kappa shape index (κ2) is 6.37. The monoisotopic (exact) mass is 310 g/mol. The molecule has 2 rings (SSSR count). The smallest absolute Gasteiger partial charge is 0.166 e. The molecular weight excluding hydrogens is 292 g/mol. The van der Waals surface area contributed by atoms with Crippen LogP contribution in [0.15, 0.2) is 22.7 Å². The van der Waals surface area contributed by atoms with E-state index in [1.165, 1.54) is 32.1 Å². The second-order valence-corrected chi connectivity index (χ2v) is 5.89. The van der Waals surface area contributed by atoms with Gasteiger partial charge >= 0.3 is 0 Å². The lowest BCUT2D eigenvalue weighted by atomic mass is 9.84. The maximum Gasteiger partial charge on any atom is 0.166 e. The Hall–Kier alpha value is -0.830. The molecule has 0 bridgehead atoms. The highest BCUT2D eigenvalue weighted by molar-refractivity contribution is 9.10. The van der Waals surface area contributed by atoms with E-state index in [4.69, 9.17) is 4.74 Å². The van der Waals surface area contributed by atoms with Gasteiger partial charge in [0, 0.05) is 10.9 Å². The molecule has 0 N–H and O–H groups in total. The van der Waals surface area contributed by atoms with Crippen molar-refractivity contribution < 1.29 is 9.53 Å². The fraction of sp³-hybridized carbons (Fsp3) is 0.533.